The number of carbonyl (C=O) groups excluding carboxylic acids is 1. The molecule has 4 heteroatoms. The number of halogens is 1. The molecule has 1 aliphatic carbocycles. The maximum atomic E-state index is 14.6. The van der Waals surface area contributed by atoms with Crippen LogP contribution in [0.5, 0.6) is 0 Å². The molecule has 1 aromatic heterocycles. The zero-order valence-corrected chi connectivity index (χ0v) is 13.2. The van der Waals surface area contributed by atoms with Crippen molar-refractivity contribution in [3.63, 3.8) is 0 Å². The summed E-state index contributed by atoms with van der Waals surface area (Å²) in [5.41, 5.74) is 0.690. The Morgan fingerprint density at radius 3 is 2.86 bits per heavy atom. The lowest BCUT2D eigenvalue weighted by molar-refractivity contribution is -0.153. The molecule has 1 heterocycles. The van der Waals surface area contributed by atoms with Crippen molar-refractivity contribution in [2.24, 2.45) is 0 Å². The van der Waals surface area contributed by atoms with Gasteiger partial charge >= 0.3 is 5.97 Å². The van der Waals surface area contributed by atoms with Gasteiger partial charge in [-0.25, -0.2) is 9.18 Å². The molecule has 0 bridgehead atoms. The SMILES string of the molecule is C=C(C)C(=O)OC1(c2cccs2)CCCc2cccc(F)c21. The number of esters is 1. The van der Waals surface area contributed by atoms with Gasteiger partial charge in [-0.2, -0.15) is 0 Å². The van der Waals surface area contributed by atoms with Crippen molar-refractivity contribution in [2.75, 3.05) is 0 Å². The average Bonchev–Trinajstić information content (AvgIpc) is 3.02. The van der Waals surface area contributed by atoms with Crippen molar-refractivity contribution < 1.29 is 13.9 Å². The summed E-state index contributed by atoms with van der Waals surface area (Å²) in [6.07, 6.45) is 2.23. The summed E-state index contributed by atoms with van der Waals surface area (Å²) >= 11 is 1.48. The molecule has 1 atom stereocenters. The summed E-state index contributed by atoms with van der Waals surface area (Å²) in [6, 6.07) is 8.85. The predicted molar refractivity (Wildman–Crippen MR) is 85.3 cm³/mol. The number of rotatable bonds is 3. The maximum Gasteiger partial charge on any atom is 0.334 e. The lowest BCUT2D eigenvalue weighted by Gasteiger charge is -2.38. The second-order valence-corrected chi connectivity index (χ2v) is 6.55. The quantitative estimate of drug-likeness (QED) is 0.612. The molecular weight excluding hydrogens is 299 g/mol. The molecule has 1 aromatic carbocycles. The van der Waals surface area contributed by atoms with Crippen LogP contribution in [-0.4, -0.2) is 5.97 Å². The Balaban J connectivity index is 2.21. The molecule has 0 amide bonds. The number of hydrogen-bond donors (Lipinski definition) is 0. The summed E-state index contributed by atoms with van der Waals surface area (Å²) < 4.78 is 20.4. The van der Waals surface area contributed by atoms with Crippen molar-refractivity contribution >= 4 is 17.3 Å². The van der Waals surface area contributed by atoms with Crippen LogP contribution in [0.3, 0.4) is 0 Å². The van der Waals surface area contributed by atoms with Crippen LogP contribution in [0, 0.1) is 5.82 Å². The Hall–Kier alpha value is -1.94. The molecule has 2 nitrogen and oxygen atoms in total. The number of ether oxygens (including phenoxy) is 1. The van der Waals surface area contributed by atoms with E-state index in [1.807, 2.05) is 23.6 Å². The first-order chi connectivity index (χ1) is 10.5. The molecule has 1 aliphatic rings. The molecule has 22 heavy (non-hydrogen) atoms. The molecule has 0 saturated carbocycles. The molecule has 0 spiro atoms. The van der Waals surface area contributed by atoms with Crippen LogP contribution in [0.1, 0.15) is 35.8 Å². The highest BCUT2D eigenvalue weighted by Gasteiger charge is 2.45. The predicted octanol–water partition coefficient (Wildman–Crippen LogP) is 4.59. The molecule has 0 saturated heterocycles. The summed E-state index contributed by atoms with van der Waals surface area (Å²) in [4.78, 5) is 13.0. The Morgan fingerprint density at radius 1 is 1.36 bits per heavy atom. The first-order valence-electron chi connectivity index (χ1n) is 7.25. The van der Waals surface area contributed by atoms with Gasteiger partial charge in [0.2, 0.25) is 0 Å². The topological polar surface area (TPSA) is 26.3 Å². The Kier molecular flexibility index (Phi) is 3.87. The Morgan fingerprint density at radius 2 is 2.18 bits per heavy atom. The number of benzene rings is 1. The molecule has 3 rings (SSSR count). The van der Waals surface area contributed by atoms with Crippen LogP contribution in [0.15, 0.2) is 47.9 Å². The first-order valence-corrected chi connectivity index (χ1v) is 8.13. The van der Waals surface area contributed by atoms with Crippen LogP contribution in [0.4, 0.5) is 4.39 Å². The number of aryl methyl sites for hydroxylation is 1. The minimum atomic E-state index is -1.04. The Bertz CT molecular complexity index is 721. The zero-order chi connectivity index (χ0) is 15.7. The van der Waals surface area contributed by atoms with Crippen LogP contribution in [0.2, 0.25) is 0 Å². The minimum Gasteiger partial charge on any atom is -0.445 e. The van der Waals surface area contributed by atoms with E-state index < -0.39 is 11.6 Å². The molecule has 0 aliphatic heterocycles. The third-order valence-electron chi connectivity index (χ3n) is 4.01. The third kappa shape index (κ3) is 2.37. The fourth-order valence-electron chi connectivity index (χ4n) is 3.03. The van der Waals surface area contributed by atoms with E-state index in [-0.39, 0.29) is 5.82 Å². The molecule has 0 N–H and O–H groups in total. The second kappa shape index (κ2) is 5.69. The number of thiophene rings is 1. The lowest BCUT2D eigenvalue weighted by Crippen LogP contribution is -2.37. The van der Waals surface area contributed by atoms with Gasteiger partial charge < -0.3 is 4.74 Å². The fourth-order valence-corrected chi connectivity index (χ4v) is 3.93. The molecule has 114 valence electrons. The van der Waals surface area contributed by atoms with E-state index in [1.165, 1.54) is 17.4 Å². The van der Waals surface area contributed by atoms with E-state index >= 15 is 0 Å². The van der Waals surface area contributed by atoms with E-state index in [4.69, 9.17) is 4.74 Å². The van der Waals surface area contributed by atoms with Crippen molar-refractivity contribution in [1.82, 2.24) is 0 Å². The molecular formula is C18H17FO2S. The largest absolute Gasteiger partial charge is 0.445 e. The lowest BCUT2D eigenvalue weighted by atomic mass is 9.77. The van der Waals surface area contributed by atoms with Crippen molar-refractivity contribution in [2.45, 2.75) is 31.8 Å². The van der Waals surface area contributed by atoms with E-state index in [2.05, 4.69) is 6.58 Å². The van der Waals surface area contributed by atoms with Gasteiger partial charge in [-0.15, -0.1) is 11.3 Å². The maximum absolute atomic E-state index is 14.6. The minimum absolute atomic E-state index is 0.319. The number of hydrogen-bond acceptors (Lipinski definition) is 3. The van der Waals surface area contributed by atoms with E-state index in [0.717, 1.165) is 23.3 Å². The van der Waals surface area contributed by atoms with Crippen molar-refractivity contribution in [1.29, 1.82) is 0 Å². The van der Waals surface area contributed by atoms with E-state index in [0.29, 0.717) is 17.6 Å². The Labute approximate surface area is 133 Å². The van der Waals surface area contributed by atoms with Gasteiger partial charge in [-0.05, 0) is 49.3 Å². The normalized spacial score (nSPS) is 20.3. The van der Waals surface area contributed by atoms with Gasteiger partial charge in [-0.1, -0.05) is 24.8 Å². The summed E-state index contributed by atoms with van der Waals surface area (Å²) in [7, 11) is 0. The smallest absolute Gasteiger partial charge is 0.334 e. The summed E-state index contributed by atoms with van der Waals surface area (Å²) in [5.74, 6) is -0.801. The monoisotopic (exact) mass is 316 g/mol. The second-order valence-electron chi connectivity index (χ2n) is 5.60. The van der Waals surface area contributed by atoms with Crippen LogP contribution in [0.25, 0.3) is 0 Å². The standard InChI is InChI=1S/C18H17FO2S/c1-12(2)17(20)21-18(15-9-5-11-22-15)10-4-7-13-6-3-8-14(19)16(13)18/h3,5-6,8-9,11H,1,4,7,10H2,2H3. The van der Waals surface area contributed by atoms with Crippen molar-refractivity contribution in [3.05, 3.63) is 69.7 Å². The fraction of sp³-hybridized carbons (Fsp3) is 0.278. The molecule has 0 fully saturated rings. The van der Waals surface area contributed by atoms with Gasteiger partial charge in [0.15, 0.2) is 5.60 Å². The van der Waals surface area contributed by atoms with Gasteiger partial charge in [-0.3, -0.25) is 0 Å². The van der Waals surface area contributed by atoms with Gasteiger partial charge in [0, 0.05) is 11.1 Å². The van der Waals surface area contributed by atoms with Crippen LogP contribution < -0.4 is 0 Å². The van der Waals surface area contributed by atoms with E-state index in [1.54, 1.807) is 13.0 Å². The third-order valence-corrected chi connectivity index (χ3v) is 5.03. The van der Waals surface area contributed by atoms with Crippen LogP contribution in [-0.2, 0) is 21.6 Å². The highest BCUT2D eigenvalue weighted by Crippen LogP contribution is 2.46. The molecule has 1 unspecified atom stereocenters. The molecule has 0 radical (unpaired) electrons. The number of fused-ring (bicyclic) bond motifs is 1. The van der Waals surface area contributed by atoms with E-state index in [9.17, 15) is 9.18 Å². The average molecular weight is 316 g/mol. The number of carbonyl (C=O) groups is 1. The first kappa shape index (κ1) is 15.0. The summed E-state index contributed by atoms with van der Waals surface area (Å²) in [6.45, 7) is 5.25. The van der Waals surface area contributed by atoms with Gasteiger partial charge in [0.25, 0.3) is 0 Å². The van der Waals surface area contributed by atoms with Gasteiger partial charge in [0.05, 0.1) is 4.88 Å². The van der Waals surface area contributed by atoms with Crippen LogP contribution >= 0.6 is 11.3 Å². The van der Waals surface area contributed by atoms with Gasteiger partial charge in [0.1, 0.15) is 5.82 Å². The highest BCUT2D eigenvalue weighted by molar-refractivity contribution is 7.10. The van der Waals surface area contributed by atoms with Crippen molar-refractivity contribution in [3.8, 4) is 0 Å². The molecule has 2 aromatic rings. The highest BCUT2D eigenvalue weighted by atomic mass is 32.1. The summed E-state index contributed by atoms with van der Waals surface area (Å²) in [5, 5.41) is 1.92. The zero-order valence-electron chi connectivity index (χ0n) is 12.4.